The second-order valence-electron chi connectivity index (χ2n) is 5.56. The molecule has 0 radical (unpaired) electrons. The summed E-state index contributed by atoms with van der Waals surface area (Å²) in [6, 6.07) is 5.33. The van der Waals surface area contributed by atoms with E-state index in [2.05, 4.69) is 22.9 Å². The molecule has 0 bridgehead atoms. The molecule has 128 valence electrons. The molecule has 1 aromatic carbocycles. The van der Waals surface area contributed by atoms with Crippen molar-refractivity contribution in [3.05, 3.63) is 23.8 Å². The molecule has 1 fully saturated rings. The minimum absolute atomic E-state index is 0. The summed E-state index contributed by atoms with van der Waals surface area (Å²) in [6.45, 7) is 2.92. The molecule has 1 aromatic rings. The van der Waals surface area contributed by atoms with Crippen molar-refractivity contribution in [2.24, 2.45) is 5.92 Å². The summed E-state index contributed by atoms with van der Waals surface area (Å²) in [7, 11) is 3.11. The number of piperidine rings is 1. The predicted octanol–water partition coefficient (Wildman–Crippen LogP) is 1.80. The number of carbonyl (C=O) groups is 2. The lowest BCUT2D eigenvalue weighted by molar-refractivity contribution is -0.120. The Hall–Kier alpha value is -1.79. The second-order valence-corrected chi connectivity index (χ2v) is 5.56. The molecule has 2 amide bonds. The molecule has 0 spiro atoms. The van der Waals surface area contributed by atoms with E-state index in [0.717, 1.165) is 19.4 Å². The standard InChI is InChI=1S/C16H23N3O3.ClH/c1-10-8-12(6-7-18-10)16(21)19-13-9-11(15(20)17-2)4-5-14(13)22-3;/h4-5,9-10,12,18H,6-8H2,1-3H3,(H,17,20)(H,19,21);1H/t10-,12-;/m0./s1. The summed E-state index contributed by atoms with van der Waals surface area (Å²) in [5, 5.41) is 8.79. The first-order valence-electron chi connectivity index (χ1n) is 7.49. The predicted molar refractivity (Wildman–Crippen MR) is 92.5 cm³/mol. The number of hydrogen-bond donors (Lipinski definition) is 3. The highest BCUT2D eigenvalue weighted by Gasteiger charge is 2.25. The number of halogens is 1. The maximum Gasteiger partial charge on any atom is 0.251 e. The maximum atomic E-state index is 12.4. The molecule has 0 aliphatic carbocycles. The lowest BCUT2D eigenvalue weighted by atomic mass is 9.92. The van der Waals surface area contributed by atoms with Crippen LogP contribution in [-0.4, -0.2) is 38.6 Å². The zero-order chi connectivity index (χ0) is 16.1. The Bertz CT molecular complexity index is 566. The van der Waals surface area contributed by atoms with Crippen molar-refractivity contribution >= 4 is 29.9 Å². The molecule has 1 saturated heterocycles. The summed E-state index contributed by atoms with van der Waals surface area (Å²) < 4.78 is 5.26. The summed E-state index contributed by atoms with van der Waals surface area (Å²) in [5.41, 5.74) is 1.01. The van der Waals surface area contributed by atoms with Gasteiger partial charge in [0.2, 0.25) is 5.91 Å². The fourth-order valence-electron chi connectivity index (χ4n) is 2.70. The van der Waals surface area contributed by atoms with Crippen LogP contribution in [0, 0.1) is 5.92 Å². The Kier molecular flexibility index (Phi) is 7.32. The number of carbonyl (C=O) groups excluding carboxylic acids is 2. The van der Waals surface area contributed by atoms with Crippen molar-refractivity contribution in [1.29, 1.82) is 0 Å². The molecule has 6 nitrogen and oxygen atoms in total. The number of amides is 2. The molecule has 0 saturated carbocycles. The highest BCUT2D eigenvalue weighted by molar-refractivity contribution is 5.98. The van der Waals surface area contributed by atoms with Gasteiger partial charge in [0.1, 0.15) is 5.75 Å². The van der Waals surface area contributed by atoms with E-state index in [1.165, 1.54) is 7.11 Å². The quantitative estimate of drug-likeness (QED) is 0.780. The zero-order valence-corrected chi connectivity index (χ0v) is 14.5. The maximum absolute atomic E-state index is 12.4. The third-order valence-electron chi connectivity index (χ3n) is 3.94. The van der Waals surface area contributed by atoms with Gasteiger partial charge in [-0.3, -0.25) is 9.59 Å². The lowest BCUT2D eigenvalue weighted by Crippen LogP contribution is -2.40. The molecule has 23 heavy (non-hydrogen) atoms. The van der Waals surface area contributed by atoms with Gasteiger partial charge in [-0.25, -0.2) is 0 Å². The highest BCUT2D eigenvalue weighted by Crippen LogP contribution is 2.27. The first-order valence-corrected chi connectivity index (χ1v) is 7.49. The number of nitrogens with one attached hydrogen (secondary N) is 3. The van der Waals surface area contributed by atoms with E-state index in [1.54, 1.807) is 25.2 Å². The van der Waals surface area contributed by atoms with Gasteiger partial charge in [0, 0.05) is 24.6 Å². The minimum Gasteiger partial charge on any atom is -0.495 e. The highest BCUT2D eigenvalue weighted by atomic mass is 35.5. The third-order valence-corrected chi connectivity index (χ3v) is 3.94. The SMILES string of the molecule is CNC(=O)c1ccc(OC)c(NC(=O)[C@H]2CCN[C@@H](C)C2)c1.Cl. The monoisotopic (exact) mass is 341 g/mol. The molecule has 1 heterocycles. The van der Waals surface area contributed by atoms with Crippen LogP contribution in [-0.2, 0) is 4.79 Å². The van der Waals surface area contributed by atoms with Gasteiger partial charge in [0.25, 0.3) is 5.91 Å². The van der Waals surface area contributed by atoms with Gasteiger partial charge in [-0.1, -0.05) is 0 Å². The molecule has 0 aromatic heterocycles. The Labute approximate surface area is 142 Å². The van der Waals surface area contributed by atoms with Crippen LogP contribution in [0.2, 0.25) is 0 Å². The fourth-order valence-corrected chi connectivity index (χ4v) is 2.70. The van der Waals surface area contributed by atoms with Gasteiger partial charge in [-0.05, 0) is 44.5 Å². The molecule has 2 rings (SSSR count). The van der Waals surface area contributed by atoms with E-state index >= 15 is 0 Å². The lowest BCUT2D eigenvalue weighted by Gasteiger charge is -2.27. The molecule has 1 aliphatic heterocycles. The molecular weight excluding hydrogens is 318 g/mol. The molecule has 0 unspecified atom stereocenters. The normalized spacial score (nSPS) is 20.1. The first-order chi connectivity index (χ1) is 10.5. The molecule has 3 N–H and O–H groups in total. The topological polar surface area (TPSA) is 79.5 Å². The smallest absolute Gasteiger partial charge is 0.251 e. The molecular formula is C16H24ClN3O3. The van der Waals surface area contributed by atoms with Crippen LogP contribution in [0.25, 0.3) is 0 Å². The van der Waals surface area contributed by atoms with E-state index in [9.17, 15) is 9.59 Å². The van der Waals surface area contributed by atoms with Crippen LogP contribution >= 0.6 is 12.4 Å². The Morgan fingerprint density at radius 1 is 1.35 bits per heavy atom. The van der Waals surface area contributed by atoms with Crippen LogP contribution in [0.4, 0.5) is 5.69 Å². The van der Waals surface area contributed by atoms with Crippen molar-refractivity contribution in [3.8, 4) is 5.75 Å². The van der Waals surface area contributed by atoms with Gasteiger partial charge >= 0.3 is 0 Å². The number of methoxy groups -OCH3 is 1. The molecule has 7 heteroatoms. The number of hydrogen-bond acceptors (Lipinski definition) is 4. The van der Waals surface area contributed by atoms with Crippen molar-refractivity contribution in [3.63, 3.8) is 0 Å². The number of ether oxygens (including phenoxy) is 1. The zero-order valence-electron chi connectivity index (χ0n) is 13.6. The van der Waals surface area contributed by atoms with Crippen LogP contribution in [0.1, 0.15) is 30.1 Å². The summed E-state index contributed by atoms with van der Waals surface area (Å²) in [6.07, 6.45) is 1.62. The summed E-state index contributed by atoms with van der Waals surface area (Å²) >= 11 is 0. The largest absolute Gasteiger partial charge is 0.495 e. The molecule has 1 aliphatic rings. The van der Waals surface area contributed by atoms with Crippen LogP contribution < -0.4 is 20.7 Å². The third kappa shape index (κ3) is 4.84. The van der Waals surface area contributed by atoms with Crippen LogP contribution in [0.3, 0.4) is 0 Å². The first kappa shape index (κ1) is 19.3. The van der Waals surface area contributed by atoms with Crippen LogP contribution in [0.5, 0.6) is 5.75 Å². The van der Waals surface area contributed by atoms with Gasteiger partial charge in [-0.15, -0.1) is 12.4 Å². The van der Waals surface area contributed by atoms with Crippen LogP contribution in [0.15, 0.2) is 18.2 Å². The van der Waals surface area contributed by atoms with E-state index in [4.69, 9.17) is 4.74 Å². The summed E-state index contributed by atoms with van der Waals surface area (Å²) in [5.74, 6) is 0.293. The van der Waals surface area contributed by atoms with Crippen molar-refractivity contribution in [2.75, 3.05) is 26.0 Å². The average molecular weight is 342 g/mol. The van der Waals surface area contributed by atoms with Gasteiger partial charge in [0.05, 0.1) is 12.8 Å². The van der Waals surface area contributed by atoms with E-state index in [0.29, 0.717) is 23.0 Å². The number of anilines is 1. The van der Waals surface area contributed by atoms with Crippen molar-refractivity contribution in [1.82, 2.24) is 10.6 Å². The van der Waals surface area contributed by atoms with Gasteiger partial charge < -0.3 is 20.7 Å². The number of rotatable bonds is 4. The molecule has 2 atom stereocenters. The summed E-state index contributed by atoms with van der Waals surface area (Å²) in [4.78, 5) is 24.2. The van der Waals surface area contributed by atoms with E-state index < -0.39 is 0 Å². The van der Waals surface area contributed by atoms with Gasteiger partial charge in [0.15, 0.2) is 0 Å². The number of benzene rings is 1. The Morgan fingerprint density at radius 3 is 2.70 bits per heavy atom. The minimum atomic E-state index is -0.200. The average Bonchev–Trinajstić information content (AvgIpc) is 2.54. The van der Waals surface area contributed by atoms with Crippen molar-refractivity contribution < 1.29 is 14.3 Å². The Morgan fingerprint density at radius 2 is 2.09 bits per heavy atom. The van der Waals surface area contributed by atoms with Gasteiger partial charge in [-0.2, -0.15) is 0 Å². The second kappa shape index (κ2) is 8.74. The van der Waals surface area contributed by atoms with E-state index in [-0.39, 0.29) is 30.1 Å². The Balaban J connectivity index is 0.00000264. The fraction of sp³-hybridized carbons (Fsp3) is 0.500. The van der Waals surface area contributed by atoms with E-state index in [1.807, 2.05) is 0 Å². The van der Waals surface area contributed by atoms with Crippen molar-refractivity contribution in [2.45, 2.75) is 25.8 Å².